The van der Waals surface area contributed by atoms with Crippen molar-refractivity contribution in [3.8, 4) is 0 Å². The molecule has 0 unspecified atom stereocenters. The standard InChI is InChI=1S/C13H18N2.C3H8.C2H4O.C2H6/c1-13(2,3)12-8-9-7-10(14)5-6-11(9)15(12)4;1-3-2;1-2-3;1-2/h5-8H,14H2,1-4H3;3H2,1-2H3;2-3H,1H2;1-2H3. The number of aryl methyl sites for hydroxylation is 1. The quantitative estimate of drug-likeness (QED) is 0.449. The number of aliphatic hydroxyl groups excluding tert-OH is 1. The van der Waals surface area contributed by atoms with Crippen LogP contribution in [0, 0.1) is 0 Å². The van der Waals surface area contributed by atoms with E-state index in [0.29, 0.717) is 0 Å². The molecular formula is C20H36N2O. The number of anilines is 1. The van der Waals surface area contributed by atoms with Crippen molar-refractivity contribution in [2.45, 2.75) is 60.3 Å². The Morgan fingerprint density at radius 3 is 2.00 bits per heavy atom. The highest BCUT2D eigenvalue weighted by molar-refractivity contribution is 5.84. The molecule has 1 aromatic carbocycles. The Bertz CT molecular complexity index is 563. The lowest BCUT2D eigenvalue weighted by atomic mass is 9.92. The maximum atomic E-state index is 7.33. The van der Waals surface area contributed by atoms with Crippen LogP contribution < -0.4 is 5.73 Å². The Hall–Kier alpha value is -1.90. The molecule has 0 bridgehead atoms. The minimum absolute atomic E-state index is 0.169. The summed E-state index contributed by atoms with van der Waals surface area (Å²) >= 11 is 0. The fourth-order valence-electron chi connectivity index (χ4n) is 2.09. The summed E-state index contributed by atoms with van der Waals surface area (Å²) in [5.41, 5.74) is 9.36. The third kappa shape index (κ3) is 7.78. The van der Waals surface area contributed by atoms with Crippen LogP contribution in [0.3, 0.4) is 0 Å². The van der Waals surface area contributed by atoms with Crippen molar-refractivity contribution < 1.29 is 5.11 Å². The molecule has 23 heavy (non-hydrogen) atoms. The SMILES string of the molecule is C=CO.CC.CCC.Cn1c(C(C)(C)C)cc2cc(N)ccc21. The molecule has 0 fully saturated rings. The van der Waals surface area contributed by atoms with Crippen molar-refractivity contribution in [3.05, 3.63) is 42.8 Å². The van der Waals surface area contributed by atoms with Crippen LogP contribution in [0.5, 0.6) is 0 Å². The molecule has 0 saturated carbocycles. The van der Waals surface area contributed by atoms with Gasteiger partial charge in [-0.25, -0.2) is 0 Å². The van der Waals surface area contributed by atoms with Crippen LogP contribution in [-0.2, 0) is 12.5 Å². The van der Waals surface area contributed by atoms with Crippen LogP contribution in [0.2, 0.25) is 0 Å². The number of hydrogen-bond acceptors (Lipinski definition) is 2. The van der Waals surface area contributed by atoms with Gasteiger partial charge in [-0.2, -0.15) is 0 Å². The molecule has 3 heteroatoms. The molecule has 2 aromatic rings. The molecule has 1 aromatic heterocycles. The predicted molar refractivity (Wildman–Crippen MR) is 106 cm³/mol. The first kappa shape index (κ1) is 23.4. The number of rotatable bonds is 0. The van der Waals surface area contributed by atoms with E-state index in [2.05, 4.69) is 64.9 Å². The number of nitrogens with zero attached hydrogens (tertiary/aromatic N) is 1. The summed E-state index contributed by atoms with van der Waals surface area (Å²) in [6.45, 7) is 17.8. The molecule has 0 amide bonds. The summed E-state index contributed by atoms with van der Waals surface area (Å²) in [5.74, 6) is 0. The highest BCUT2D eigenvalue weighted by Gasteiger charge is 2.18. The molecule has 0 aliphatic heterocycles. The first-order valence-corrected chi connectivity index (χ1v) is 8.33. The summed E-state index contributed by atoms with van der Waals surface area (Å²) in [4.78, 5) is 0. The van der Waals surface area contributed by atoms with Gasteiger partial charge in [0, 0.05) is 34.7 Å². The molecule has 0 radical (unpaired) electrons. The molecule has 1 heterocycles. The zero-order valence-corrected chi connectivity index (χ0v) is 16.3. The van der Waals surface area contributed by atoms with Crippen LogP contribution in [0.25, 0.3) is 10.9 Å². The molecular weight excluding hydrogens is 284 g/mol. The maximum absolute atomic E-state index is 7.33. The smallest absolute Gasteiger partial charge is 0.0719 e. The molecule has 0 saturated heterocycles. The van der Waals surface area contributed by atoms with E-state index < -0.39 is 0 Å². The lowest BCUT2D eigenvalue weighted by Crippen LogP contribution is -2.15. The van der Waals surface area contributed by atoms with Crippen molar-refractivity contribution in [2.75, 3.05) is 5.73 Å². The lowest BCUT2D eigenvalue weighted by molar-refractivity contribution is 0.476. The van der Waals surface area contributed by atoms with Gasteiger partial charge < -0.3 is 15.4 Å². The number of nitrogen functional groups attached to an aromatic ring is 1. The van der Waals surface area contributed by atoms with Crippen LogP contribution >= 0.6 is 0 Å². The van der Waals surface area contributed by atoms with Crippen molar-refractivity contribution in [2.24, 2.45) is 7.05 Å². The second-order valence-electron chi connectivity index (χ2n) is 6.05. The monoisotopic (exact) mass is 320 g/mol. The predicted octanol–water partition coefficient (Wildman–Crippen LogP) is 6.19. The largest absolute Gasteiger partial charge is 0.516 e. The summed E-state index contributed by atoms with van der Waals surface area (Å²) in [6, 6.07) is 8.30. The summed E-state index contributed by atoms with van der Waals surface area (Å²) < 4.78 is 2.24. The average molecular weight is 321 g/mol. The Labute approximate surface area is 142 Å². The normalized spacial score (nSPS) is 9.57. The maximum Gasteiger partial charge on any atom is 0.0719 e. The summed E-state index contributed by atoms with van der Waals surface area (Å²) in [5, 5.41) is 8.56. The molecule has 0 atom stereocenters. The second-order valence-corrected chi connectivity index (χ2v) is 6.05. The van der Waals surface area contributed by atoms with Gasteiger partial charge in [-0.3, -0.25) is 0 Å². The van der Waals surface area contributed by atoms with Gasteiger partial charge in [0.2, 0.25) is 0 Å². The van der Waals surface area contributed by atoms with Gasteiger partial charge >= 0.3 is 0 Å². The molecule has 2 rings (SSSR count). The van der Waals surface area contributed by atoms with Gasteiger partial charge in [-0.1, -0.05) is 61.5 Å². The highest BCUT2D eigenvalue weighted by atomic mass is 16.2. The summed E-state index contributed by atoms with van der Waals surface area (Å²) in [6.07, 6.45) is 2.00. The molecule has 3 N–H and O–H groups in total. The number of hydrogen-bond donors (Lipinski definition) is 2. The van der Waals surface area contributed by atoms with Crippen LogP contribution in [-0.4, -0.2) is 9.67 Å². The first-order valence-electron chi connectivity index (χ1n) is 8.33. The van der Waals surface area contributed by atoms with Gasteiger partial charge in [0.05, 0.1) is 6.26 Å². The first-order chi connectivity index (χ1) is 10.7. The van der Waals surface area contributed by atoms with Crippen molar-refractivity contribution >= 4 is 16.6 Å². The zero-order chi connectivity index (χ0) is 18.6. The molecule has 3 nitrogen and oxygen atoms in total. The molecule has 0 aliphatic carbocycles. The van der Waals surface area contributed by atoms with E-state index in [0.717, 1.165) is 11.9 Å². The van der Waals surface area contributed by atoms with E-state index in [1.165, 1.54) is 23.0 Å². The van der Waals surface area contributed by atoms with Crippen molar-refractivity contribution in [1.29, 1.82) is 0 Å². The number of aliphatic hydroxyl groups is 1. The van der Waals surface area contributed by atoms with Gasteiger partial charge in [-0.15, -0.1) is 0 Å². The highest BCUT2D eigenvalue weighted by Crippen LogP contribution is 2.29. The van der Waals surface area contributed by atoms with Crippen LogP contribution in [0.4, 0.5) is 5.69 Å². The third-order valence-corrected chi connectivity index (χ3v) is 2.83. The van der Waals surface area contributed by atoms with Crippen molar-refractivity contribution in [1.82, 2.24) is 4.57 Å². The number of nitrogens with two attached hydrogens (primary N) is 1. The fraction of sp³-hybridized carbons (Fsp3) is 0.500. The van der Waals surface area contributed by atoms with Gasteiger partial charge in [0.1, 0.15) is 0 Å². The van der Waals surface area contributed by atoms with Crippen molar-refractivity contribution in [3.63, 3.8) is 0 Å². The Balaban J connectivity index is 0. The van der Waals surface area contributed by atoms with Crippen LogP contribution in [0.15, 0.2) is 37.1 Å². The minimum Gasteiger partial charge on any atom is -0.516 e. The zero-order valence-electron chi connectivity index (χ0n) is 16.3. The number of fused-ring (bicyclic) bond motifs is 1. The van der Waals surface area contributed by atoms with E-state index >= 15 is 0 Å². The Morgan fingerprint density at radius 2 is 1.61 bits per heavy atom. The Morgan fingerprint density at radius 1 is 1.17 bits per heavy atom. The number of benzene rings is 1. The van der Waals surface area contributed by atoms with Crippen LogP contribution in [0.1, 0.15) is 60.6 Å². The van der Waals surface area contributed by atoms with E-state index in [1.807, 2.05) is 26.0 Å². The third-order valence-electron chi connectivity index (χ3n) is 2.83. The second kappa shape index (κ2) is 11.6. The minimum atomic E-state index is 0.169. The van der Waals surface area contributed by atoms with Gasteiger partial charge in [0.25, 0.3) is 0 Å². The lowest BCUT2D eigenvalue weighted by Gasteiger charge is -2.19. The summed E-state index contributed by atoms with van der Waals surface area (Å²) in [7, 11) is 2.11. The Kier molecular flexibility index (Phi) is 11.8. The van der Waals surface area contributed by atoms with E-state index in [1.54, 1.807) is 0 Å². The molecule has 132 valence electrons. The number of aromatic nitrogens is 1. The average Bonchev–Trinajstić information content (AvgIpc) is 2.79. The van der Waals surface area contributed by atoms with Gasteiger partial charge in [-0.05, 0) is 24.3 Å². The van der Waals surface area contributed by atoms with E-state index in [4.69, 9.17) is 10.8 Å². The molecule has 0 aliphatic rings. The molecule has 0 spiro atoms. The topological polar surface area (TPSA) is 51.2 Å². The van der Waals surface area contributed by atoms with E-state index in [9.17, 15) is 0 Å². The van der Waals surface area contributed by atoms with E-state index in [-0.39, 0.29) is 5.41 Å². The fourth-order valence-corrected chi connectivity index (χ4v) is 2.09. The van der Waals surface area contributed by atoms with Gasteiger partial charge in [0.15, 0.2) is 0 Å².